The molecule has 0 aromatic heterocycles. The van der Waals surface area contributed by atoms with E-state index in [1.54, 1.807) is 0 Å². The third-order valence-corrected chi connectivity index (χ3v) is 5.02. The number of hydrogen-bond acceptors (Lipinski definition) is 3. The summed E-state index contributed by atoms with van der Waals surface area (Å²) < 4.78 is 0. The molecule has 2 heterocycles. The molecule has 0 aromatic carbocycles. The highest BCUT2D eigenvalue weighted by atomic mass is 15.3. The molecular weight excluding hydrogens is 246 g/mol. The zero-order valence-corrected chi connectivity index (χ0v) is 13.9. The van der Waals surface area contributed by atoms with Gasteiger partial charge in [-0.05, 0) is 51.2 Å². The molecule has 0 bridgehead atoms. The van der Waals surface area contributed by atoms with Crippen LogP contribution in [0.5, 0.6) is 0 Å². The van der Waals surface area contributed by atoms with Gasteiger partial charge < -0.3 is 5.32 Å². The molecule has 20 heavy (non-hydrogen) atoms. The summed E-state index contributed by atoms with van der Waals surface area (Å²) in [5.74, 6) is 0.757. The smallest absolute Gasteiger partial charge is 0.0235 e. The van der Waals surface area contributed by atoms with Gasteiger partial charge in [0.2, 0.25) is 0 Å². The summed E-state index contributed by atoms with van der Waals surface area (Å²) >= 11 is 0. The van der Waals surface area contributed by atoms with Crippen molar-refractivity contribution in [1.29, 1.82) is 0 Å². The monoisotopic (exact) mass is 281 g/mol. The van der Waals surface area contributed by atoms with E-state index in [4.69, 9.17) is 0 Å². The summed E-state index contributed by atoms with van der Waals surface area (Å²) in [4.78, 5) is 5.50. The SMILES string of the molecule is CCC(CNCC(C)C)N1CCC(N2CCCCC2)C1. The van der Waals surface area contributed by atoms with Crippen molar-refractivity contribution in [3.8, 4) is 0 Å². The van der Waals surface area contributed by atoms with Gasteiger partial charge in [-0.15, -0.1) is 0 Å². The lowest BCUT2D eigenvalue weighted by atomic mass is 10.1. The Labute approximate surface area is 126 Å². The maximum absolute atomic E-state index is 3.65. The average Bonchev–Trinajstić information content (AvgIpc) is 2.94. The summed E-state index contributed by atoms with van der Waals surface area (Å²) in [6, 6.07) is 1.58. The Kier molecular flexibility index (Phi) is 6.79. The zero-order chi connectivity index (χ0) is 14.4. The van der Waals surface area contributed by atoms with Crippen LogP contribution in [0, 0.1) is 5.92 Å². The van der Waals surface area contributed by atoms with Crippen molar-refractivity contribution in [1.82, 2.24) is 15.1 Å². The number of piperidine rings is 1. The van der Waals surface area contributed by atoms with Crippen molar-refractivity contribution in [3.05, 3.63) is 0 Å². The minimum absolute atomic E-state index is 0.739. The highest BCUT2D eigenvalue weighted by molar-refractivity contribution is 4.88. The van der Waals surface area contributed by atoms with Crippen molar-refractivity contribution >= 4 is 0 Å². The van der Waals surface area contributed by atoms with E-state index in [0.717, 1.165) is 24.5 Å². The lowest BCUT2D eigenvalue weighted by molar-refractivity contribution is 0.149. The zero-order valence-electron chi connectivity index (χ0n) is 13.9. The normalized spacial score (nSPS) is 27.3. The lowest BCUT2D eigenvalue weighted by Gasteiger charge is -2.33. The molecule has 1 N–H and O–H groups in total. The van der Waals surface area contributed by atoms with Crippen LogP contribution < -0.4 is 5.32 Å². The molecule has 3 nitrogen and oxygen atoms in total. The summed E-state index contributed by atoms with van der Waals surface area (Å²) in [7, 11) is 0. The van der Waals surface area contributed by atoms with Crippen LogP contribution in [0.1, 0.15) is 52.9 Å². The van der Waals surface area contributed by atoms with E-state index in [1.165, 1.54) is 64.8 Å². The van der Waals surface area contributed by atoms with Gasteiger partial charge in [-0.3, -0.25) is 9.80 Å². The van der Waals surface area contributed by atoms with Crippen molar-refractivity contribution in [3.63, 3.8) is 0 Å². The van der Waals surface area contributed by atoms with Crippen LogP contribution in [0.25, 0.3) is 0 Å². The van der Waals surface area contributed by atoms with Crippen LogP contribution in [0.2, 0.25) is 0 Å². The third kappa shape index (κ3) is 4.71. The lowest BCUT2D eigenvalue weighted by Crippen LogP contribution is -2.45. The number of nitrogens with zero attached hydrogens (tertiary/aromatic N) is 2. The second-order valence-electron chi connectivity index (χ2n) is 7.15. The molecule has 2 aliphatic heterocycles. The Morgan fingerprint density at radius 2 is 1.80 bits per heavy atom. The Hall–Kier alpha value is -0.120. The molecule has 0 aromatic rings. The third-order valence-electron chi connectivity index (χ3n) is 5.02. The molecule has 2 fully saturated rings. The Morgan fingerprint density at radius 3 is 2.45 bits per heavy atom. The van der Waals surface area contributed by atoms with Gasteiger partial charge >= 0.3 is 0 Å². The molecule has 2 unspecified atom stereocenters. The summed E-state index contributed by atoms with van der Waals surface area (Å²) in [5, 5.41) is 3.65. The van der Waals surface area contributed by atoms with E-state index in [-0.39, 0.29) is 0 Å². The Balaban J connectivity index is 1.74. The average molecular weight is 281 g/mol. The van der Waals surface area contributed by atoms with Crippen LogP contribution in [0.4, 0.5) is 0 Å². The van der Waals surface area contributed by atoms with Crippen molar-refractivity contribution in [2.75, 3.05) is 39.3 Å². The molecule has 0 aliphatic carbocycles. The predicted octanol–water partition coefficient (Wildman–Crippen LogP) is 2.57. The fraction of sp³-hybridized carbons (Fsp3) is 1.00. The fourth-order valence-electron chi connectivity index (χ4n) is 3.75. The van der Waals surface area contributed by atoms with E-state index >= 15 is 0 Å². The van der Waals surface area contributed by atoms with Crippen LogP contribution in [0.15, 0.2) is 0 Å². The summed E-state index contributed by atoms with van der Waals surface area (Å²) in [5.41, 5.74) is 0. The number of likely N-dealkylation sites (tertiary alicyclic amines) is 2. The van der Waals surface area contributed by atoms with Gasteiger partial charge in [0.15, 0.2) is 0 Å². The molecule has 0 amide bonds. The van der Waals surface area contributed by atoms with Gasteiger partial charge in [0.05, 0.1) is 0 Å². The first-order chi connectivity index (χ1) is 9.70. The second kappa shape index (κ2) is 8.35. The standard InChI is InChI=1S/C17H35N3/c1-4-16(13-18-12-15(2)3)20-11-8-17(14-20)19-9-6-5-7-10-19/h15-18H,4-14H2,1-3H3. The van der Waals surface area contributed by atoms with Crippen LogP contribution in [-0.2, 0) is 0 Å². The van der Waals surface area contributed by atoms with Crippen molar-refractivity contribution in [2.45, 2.75) is 65.0 Å². The summed E-state index contributed by atoms with van der Waals surface area (Å²) in [6.45, 7) is 14.6. The number of nitrogens with one attached hydrogen (secondary N) is 1. The molecule has 2 atom stereocenters. The van der Waals surface area contributed by atoms with Crippen LogP contribution in [0.3, 0.4) is 0 Å². The van der Waals surface area contributed by atoms with Gasteiger partial charge in [0.25, 0.3) is 0 Å². The molecule has 0 spiro atoms. The molecule has 2 aliphatic rings. The predicted molar refractivity (Wildman–Crippen MR) is 87.2 cm³/mol. The maximum Gasteiger partial charge on any atom is 0.0235 e. The van der Waals surface area contributed by atoms with E-state index in [0.29, 0.717) is 0 Å². The topological polar surface area (TPSA) is 18.5 Å². The van der Waals surface area contributed by atoms with Gasteiger partial charge in [-0.1, -0.05) is 27.2 Å². The Morgan fingerprint density at radius 1 is 1.05 bits per heavy atom. The molecule has 2 saturated heterocycles. The first-order valence-corrected chi connectivity index (χ1v) is 8.89. The fourth-order valence-corrected chi connectivity index (χ4v) is 3.75. The first-order valence-electron chi connectivity index (χ1n) is 8.89. The quantitative estimate of drug-likeness (QED) is 0.774. The number of hydrogen-bond donors (Lipinski definition) is 1. The highest BCUT2D eigenvalue weighted by Crippen LogP contribution is 2.22. The first kappa shape index (κ1) is 16.3. The minimum Gasteiger partial charge on any atom is -0.315 e. The molecule has 0 saturated carbocycles. The molecule has 2 rings (SSSR count). The maximum atomic E-state index is 3.65. The van der Waals surface area contributed by atoms with Crippen molar-refractivity contribution in [2.24, 2.45) is 5.92 Å². The summed E-state index contributed by atoms with van der Waals surface area (Å²) in [6.07, 6.45) is 6.95. The van der Waals surface area contributed by atoms with Gasteiger partial charge in [-0.2, -0.15) is 0 Å². The van der Waals surface area contributed by atoms with E-state index in [9.17, 15) is 0 Å². The van der Waals surface area contributed by atoms with Gasteiger partial charge in [0.1, 0.15) is 0 Å². The minimum atomic E-state index is 0.739. The van der Waals surface area contributed by atoms with E-state index in [2.05, 4.69) is 35.9 Å². The van der Waals surface area contributed by atoms with E-state index < -0.39 is 0 Å². The van der Waals surface area contributed by atoms with Crippen LogP contribution in [-0.4, -0.2) is 61.2 Å². The molecule has 118 valence electrons. The Bertz CT molecular complexity index is 261. The van der Waals surface area contributed by atoms with Crippen LogP contribution >= 0.6 is 0 Å². The molecule has 3 heteroatoms. The van der Waals surface area contributed by atoms with Gasteiger partial charge in [0, 0.05) is 31.7 Å². The van der Waals surface area contributed by atoms with Gasteiger partial charge in [-0.25, -0.2) is 0 Å². The molecular formula is C17H35N3. The van der Waals surface area contributed by atoms with E-state index in [1.807, 2.05) is 0 Å². The second-order valence-corrected chi connectivity index (χ2v) is 7.15. The van der Waals surface area contributed by atoms with Crippen molar-refractivity contribution < 1.29 is 0 Å². The largest absolute Gasteiger partial charge is 0.315 e. The highest BCUT2D eigenvalue weighted by Gasteiger charge is 2.31. The number of rotatable bonds is 7. The molecule has 0 radical (unpaired) electrons.